The molecule has 138 valence electrons. The summed E-state index contributed by atoms with van der Waals surface area (Å²) in [4.78, 5) is 16.8. The van der Waals surface area contributed by atoms with E-state index in [9.17, 15) is 4.79 Å². The fourth-order valence-electron chi connectivity index (χ4n) is 2.75. The van der Waals surface area contributed by atoms with Crippen LogP contribution in [0.2, 0.25) is 0 Å². The maximum atomic E-state index is 12.2. The standard InChI is InChI=1S/C17H20BrN3OS.2ClH/c1-11-5-6-19-9-15(11)21-16(22)8-14-10-23-17(20-14)12-3-2-4-13(18)7-12;;/h2-4,7,10-11,15,19H,5-6,8-9H2,1H3,(H,21,22);2*1H. The molecule has 0 bridgehead atoms. The molecule has 1 aromatic carbocycles. The second-order valence-corrected chi connectivity index (χ2v) is 7.75. The minimum absolute atomic E-state index is 0. The number of carbonyl (C=O) groups is 1. The van der Waals surface area contributed by atoms with Gasteiger partial charge in [0.1, 0.15) is 5.01 Å². The predicted octanol–water partition coefficient (Wildman–Crippen LogP) is 4.07. The molecule has 2 unspecified atom stereocenters. The van der Waals surface area contributed by atoms with Crippen molar-refractivity contribution in [3.05, 3.63) is 39.8 Å². The van der Waals surface area contributed by atoms with E-state index in [-0.39, 0.29) is 36.8 Å². The van der Waals surface area contributed by atoms with Crippen molar-refractivity contribution in [2.75, 3.05) is 13.1 Å². The van der Waals surface area contributed by atoms with Gasteiger partial charge in [0.25, 0.3) is 0 Å². The molecule has 8 heteroatoms. The lowest BCUT2D eigenvalue weighted by atomic mass is 9.95. The maximum Gasteiger partial charge on any atom is 0.226 e. The number of hydrogen-bond donors (Lipinski definition) is 2. The van der Waals surface area contributed by atoms with Crippen LogP contribution in [0.1, 0.15) is 19.0 Å². The van der Waals surface area contributed by atoms with Crippen molar-refractivity contribution in [2.45, 2.75) is 25.8 Å². The highest BCUT2D eigenvalue weighted by Gasteiger charge is 2.22. The topological polar surface area (TPSA) is 54.0 Å². The summed E-state index contributed by atoms with van der Waals surface area (Å²) in [5.41, 5.74) is 1.90. The van der Waals surface area contributed by atoms with Crippen molar-refractivity contribution < 1.29 is 4.79 Å². The van der Waals surface area contributed by atoms with Gasteiger partial charge in [-0.15, -0.1) is 36.2 Å². The number of piperidine rings is 1. The predicted molar refractivity (Wildman–Crippen MR) is 112 cm³/mol. The van der Waals surface area contributed by atoms with Crippen LogP contribution in [0.25, 0.3) is 10.6 Å². The Morgan fingerprint density at radius 1 is 1.44 bits per heavy atom. The lowest BCUT2D eigenvalue weighted by Crippen LogP contribution is -2.50. The third-order valence-electron chi connectivity index (χ3n) is 4.14. The maximum absolute atomic E-state index is 12.2. The number of hydrogen-bond acceptors (Lipinski definition) is 4. The lowest BCUT2D eigenvalue weighted by molar-refractivity contribution is -0.121. The SMILES string of the molecule is CC1CCNCC1NC(=O)Cc1csc(-c2cccc(Br)c2)n1.Cl.Cl. The summed E-state index contributed by atoms with van der Waals surface area (Å²) < 4.78 is 1.03. The molecule has 2 N–H and O–H groups in total. The molecule has 0 saturated carbocycles. The molecule has 0 radical (unpaired) electrons. The van der Waals surface area contributed by atoms with Crippen molar-refractivity contribution in [1.82, 2.24) is 15.6 Å². The van der Waals surface area contributed by atoms with Gasteiger partial charge in [-0.25, -0.2) is 4.98 Å². The summed E-state index contributed by atoms with van der Waals surface area (Å²) >= 11 is 5.05. The molecular formula is C17H22BrCl2N3OS. The molecule has 2 atom stereocenters. The second kappa shape index (κ2) is 10.5. The van der Waals surface area contributed by atoms with Crippen molar-refractivity contribution >= 4 is 58.0 Å². The number of carbonyl (C=O) groups excluding carboxylic acids is 1. The number of benzene rings is 1. The van der Waals surface area contributed by atoms with E-state index >= 15 is 0 Å². The van der Waals surface area contributed by atoms with E-state index < -0.39 is 0 Å². The zero-order valence-electron chi connectivity index (χ0n) is 13.8. The molecule has 2 aromatic rings. The van der Waals surface area contributed by atoms with Crippen LogP contribution in [0, 0.1) is 5.92 Å². The molecule has 1 aliphatic rings. The first-order valence-electron chi connectivity index (χ1n) is 7.82. The highest BCUT2D eigenvalue weighted by atomic mass is 79.9. The molecule has 4 nitrogen and oxygen atoms in total. The first-order valence-corrected chi connectivity index (χ1v) is 9.49. The van der Waals surface area contributed by atoms with Gasteiger partial charge < -0.3 is 10.6 Å². The first-order chi connectivity index (χ1) is 11.1. The highest BCUT2D eigenvalue weighted by Crippen LogP contribution is 2.26. The molecule has 0 aliphatic carbocycles. The monoisotopic (exact) mass is 465 g/mol. The van der Waals surface area contributed by atoms with E-state index in [4.69, 9.17) is 0 Å². The number of nitrogens with one attached hydrogen (secondary N) is 2. The first kappa shape index (κ1) is 22.4. The van der Waals surface area contributed by atoms with Crippen molar-refractivity contribution in [3.63, 3.8) is 0 Å². The summed E-state index contributed by atoms with van der Waals surface area (Å²) in [5.74, 6) is 0.574. The molecular weight excluding hydrogens is 445 g/mol. The average Bonchev–Trinajstić information content (AvgIpc) is 2.98. The largest absolute Gasteiger partial charge is 0.351 e. The Hall–Kier alpha value is -0.660. The van der Waals surface area contributed by atoms with E-state index in [1.165, 1.54) is 0 Å². The highest BCUT2D eigenvalue weighted by molar-refractivity contribution is 9.10. The molecule has 3 rings (SSSR count). The average molecular weight is 467 g/mol. The number of thiazole rings is 1. The summed E-state index contributed by atoms with van der Waals surface area (Å²) in [7, 11) is 0. The van der Waals surface area contributed by atoms with Gasteiger partial charge in [-0.1, -0.05) is 35.0 Å². The quantitative estimate of drug-likeness (QED) is 0.713. The Balaban J connectivity index is 0.00000156. The lowest BCUT2D eigenvalue weighted by Gasteiger charge is -2.30. The summed E-state index contributed by atoms with van der Waals surface area (Å²) in [6, 6.07) is 8.27. The third kappa shape index (κ3) is 6.22. The minimum Gasteiger partial charge on any atom is -0.351 e. The van der Waals surface area contributed by atoms with Gasteiger partial charge in [0.15, 0.2) is 0 Å². The summed E-state index contributed by atoms with van der Waals surface area (Å²) in [6.07, 6.45) is 1.45. The van der Waals surface area contributed by atoms with Crippen molar-refractivity contribution in [3.8, 4) is 10.6 Å². The molecule has 1 aromatic heterocycles. The number of halogens is 3. The Morgan fingerprint density at radius 2 is 2.24 bits per heavy atom. The van der Waals surface area contributed by atoms with E-state index in [0.717, 1.165) is 40.2 Å². The van der Waals surface area contributed by atoms with Crippen LogP contribution in [0.3, 0.4) is 0 Å². The number of amides is 1. The zero-order chi connectivity index (χ0) is 16.2. The van der Waals surface area contributed by atoms with Crippen LogP contribution in [0.15, 0.2) is 34.1 Å². The summed E-state index contributed by atoms with van der Waals surface area (Å²) in [6.45, 7) is 4.09. The minimum atomic E-state index is 0. The summed E-state index contributed by atoms with van der Waals surface area (Å²) in [5, 5.41) is 9.38. The second-order valence-electron chi connectivity index (χ2n) is 5.98. The molecule has 25 heavy (non-hydrogen) atoms. The Morgan fingerprint density at radius 3 is 2.96 bits per heavy atom. The van der Waals surface area contributed by atoms with Crippen LogP contribution < -0.4 is 10.6 Å². The van der Waals surface area contributed by atoms with E-state index in [2.05, 4.69) is 38.5 Å². The van der Waals surface area contributed by atoms with Crippen LogP contribution in [0.5, 0.6) is 0 Å². The van der Waals surface area contributed by atoms with E-state index in [1.807, 2.05) is 29.6 Å². The van der Waals surface area contributed by atoms with Gasteiger partial charge in [-0.3, -0.25) is 4.79 Å². The number of rotatable bonds is 4. The molecule has 1 fully saturated rings. The van der Waals surface area contributed by atoms with Crippen LogP contribution in [-0.4, -0.2) is 30.0 Å². The Labute approximate surface area is 173 Å². The van der Waals surface area contributed by atoms with E-state index in [0.29, 0.717) is 12.3 Å². The van der Waals surface area contributed by atoms with Gasteiger partial charge in [-0.05, 0) is 31.0 Å². The van der Waals surface area contributed by atoms with Crippen LogP contribution in [0.4, 0.5) is 0 Å². The van der Waals surface area contributed by atoms with Crippen LogP contribution >= 0.6 is 52.1 Å². The fraction of sp³-hybridized carbons (Fsp3) is 0.412. The van der Waals surface area contributed by atoms with Crippen LogP contribution in [-0.2, 0) is 11.2 Å². The Bertz CT molecular complexity index is 698. The zero-order valence-corrected chi connectivity index (χ0v) is 17.9. The van der Waals surface area contributed by atoms with Crippen molar-refractivity contribution in [2.24, 2.45) is 5.92 Å². The van der Waals surface area contributed by atoms with Crippen molar-refractivity contribution in [1.29, 1.82) is 0 Å². The van der Waals surface area contributed by atoms with E-state index in [1.54, 1.807) is 11.3 Å². The van der Waals surface area contributed by atoms with Gasteiger partial charge in [0.2, 0.25) is 5.91 Å². The molecule has 1 saturated heterocycles. The number of aromatic nitrogens is 1. The smallest absolute Gasteiger partial charge is 0.226 e. The molecule has 2 heterocycles. The molecule has 1 aliphatic heterocycles. The van der Waals surface area contributed by atoms with Gasteiger partial charge in [-0.2, -0.15) is 0 Å². The Kier molecular flexibility index (Phi) is 9.38. The molecule has 0 spiro atoms. The molecule has 1 amide bonds. The van der Waals surface area contributed by atoms with Gasteiger partial charge >= 0.3 is 0 Å². The van der Waals surface area contributed by atoms with Gasteiger partial charge in [0.05, 0.1) is 12.1 Å². The third-order valence-corrected chi connectivity index (χ3v) is 5.57. The fourth-order valence-corrected chi connectivity index (χ4v) is 3.96. The van der Waals surface area contributed by atoms with Gasteiger partial charge in [0, 0.05) is 28.0 Å². The number of nitrogens with zero attached hydrogens (tertiary/aromatic N) is 1. The normalized spacial score (nSPS) is 19.4.